The molecule has 0 radical (unpaired) electrons. The number of amides is 1. The van der Waals surface area contributed by atoms with Crippen molar-refractivity contribution in [2.75, 3.05) is 0 Å². The number of imidazole rings is 1. The third-order valence-electron chi connectivity index (χ3n) is 3.48. The zero-order chi connectivity index (χ0) is 13.7. The number of nitrogens with zero attached hydrogens (tertiary/aromatic N) is 3. The van der Waals surface area contributed by atoms with Gasteiger partial charge in [-0.2, -0.15) is 0 Å². The molecule has 1 aliphatic rings. The SMILES string of the molecule is O=C1NCc2c1cncc2-c1cnc2cc(F)ccn12. The van der Waals surface area contributed by atoms with Gasteiger partial charge < -0.3 is 5.32 Å². The van der Waals surface area contributed by atoms with Crippen LogP contribution in [0, 0.1) is 5.82 Å². The summed E-state index contributed by atoms with van der Waals surface area (Å²) in [7, 11) is 0. The molecule has 0 atom stereocenters. The number of carbonyl (C=O) groups is 1. The second kappa shape index (κ2) is 3.86. The molecule has 6 heteroatoms. The Balaban J connectivity index is 1.99. The minimum Gasteiger partial charge on any atom is -0.348 e. The first-order valence-electron chi connectivity index (χ1n) is 6.12. The molecule has 4 rings (SSSR count). The third-order valence-corrected chi connectivity index (χ3v) is 3.48. The number of hydrogen-bond acceptors (Lipinski definition) is 3. The van der Waals surface area contributed by atoms with E-state index in [1.54, 1.807) is 29.2 Å². The van der Waals surface area contributed by atoms with Crippen LogP contribution in [0.15, 0.2) is 36.9 Å². The molecule has 98 valence electrons. The summed E-state index contributed by atoms with van der Waals surface area (Å²) in [4.78, 5) is 20.0. The topological polar surface area (TPSA) is 59.3 Å². The highest BCUT2D eigenvalue weighted by Crippen LogP contribution is 2.28. The van der Waals surface area contributed by atoms with E-state index in [0.29, 0.717) is 17.8 Å². The van der Waals surface area contributed by atoms with Gasteiger partial charge in [0.2, 0.25) is 0 Å². The molecule has 0 saturated carbocycles. The number of rotatable bonds is 1. The molecule has 0 aromatic carbocycles. The standard InChI is InChI=1S/C14H9FN4O/c15-8-1-2-19-12(7-17-13(19)3-8)10-4-16-5-11-9(10)6-18-14(11)20/h1-5,7H,6H2,(H,18,20). The van der Waals surface area contributed by atoms with Crippen LogP contribution in [0.5, 0.6) is 0 Å². The Morgan fingerprint density at radius 2 is 2.10 bits per heavy atom. The highest BCUT2D eigenvalue weighted by Gasteiger charge is 2.23. The molecule has 3 aromatic rings. The van der Waals surface area contributed by atoms with E-state index in [-0.39, 0.29) is 11.7 Å². The summed E-state index contributed by atoms with van der Waals surface area (Å²) in [5.41, 5.74) is 3.63. The molecule has 0 unspecified atom stereocenters. The summed E-state index contributed by atoms with van der Waals surface area (Å²) >= 11 is 0. The van der Waals surface area contributed by atoms with E-state index in [1.807, 2.05) is 0 Å². The second-order valence-electron chi connectivity index (χ2n) is 4.61. The Morgan fingerprint density at radius 1 is 1.25 bits per heavy atom. The first-order chi connectivity index (χ1) is 9.74. The summed E-state index contributed by atoms with van der Waals surface area (Å²) in [5, 5.41) is 2.78. The molecular formula is C14H9FN4O. The van der Waals surface area contributed by atoms with Gasteiger partial charge in [0.15, 0.2) is 0 Å². The van der Waals surface area contributed by atoms with Crippen LogP contribution in [0.25, 0.3) is 16.9 Å². The zero-order valence-electron chi connectivity index (χ0n) is 10.3. The van der Waals surface area contributed by atoms with Crippen molar-refractivity contribution in [1.29, 1.82) is 0 Å². The van der Waals surface area contributed by atoms with Crippen molar-refractivity contribution in [2.24, 2.45) is 0 Å². The number of hydrogen-bond donors (Lipinski definition) is 1. The number of halogens is 1. The molecule has 1 amide bonds. The maximum atomic E-state index is 13.2. The van der Waals surface area contributed by atoms with Crippen LogP contribution in [0.2, 0.25) is 0 Å². The lowest BCUT2D eigenvalue weighted by atomic mass is 10.0. The summed E-state index contributed by atoms with van der Waals surface area (Å²) in [6.45, 7) is 0.473. The molecule has 5 nitrogen and oxygen atoms in total. The van der Waals surface area contributed by atoms with Gasteiger partial charge in [-0.05, 0) is 11.6 Å². The Hall–Kier alpha value is -2.76. The first-order valence-corrected chi connectivity index (χ1v) is 6.12. The highest BCUT2D eigenvalue weighted by atomic mass is 19.1. The smallest absolute Gasteiger partial charge is 0.253 e. The summed E-state index contributed by atoms with van der Waals surface area (Å²) in [5.74, 6) is -0.447. The van der Waals surface area contributed by atoms with Gasteiger partial charge >= 0.3 is 0 Å². The Bertz CT molecular complexity index is 856. The normalized spacial score (nSPS) is 13.6. The van der Waals surface area contributed by atoms with E-state index < -0.39 is 0 Å². The first kappa shape index (κ1) is 11.1. The molecule has 0 fully saturated rings. The number of fused-ring (bicyclic) bond motifs is 2. The maximum Gasteiger partial charge on any atom is 0.253 e. The monoisotopic (exact) mass is 268 g/mol. The quantitative estimate of drug-likeness (QED) is 0.731. The number of aromatic nitrogens is 3. The molecule has 0 saturated heterocycles. The maximum absolute atomic E-state index is 13.2. The van der Waals surface area contributed by atoms with Gasteiger partial charge in [0.25, 0.3) is 5.91 Å². The summed E-state index contributed by atoms with van der Waals surface area (Å²) < 4.78 is 15.0. The fourth-order valence-electron chi connectivity index (χ4n) is 2.51. The average molecular weight is 268 g/mol. The largest absolute Gasteiger partial charge is 0.348 e. The zero-order valence-corrected chi connectivity index (χ0v) is 10.3. The number of pyridine rings is 2. The van der Waals surface area contributed by atoms with Crippen LogP contribution in [-0.2, 0) is 6.54 Å². The van der Waals surface area contributed by atoms with Crippen LogP contribution in [0.3, 0.4) is 0 Å². The lowest BCUT2D eigenvalue weighted by Crippen LogP contribution is -2.12. The second-order valence-corrected chi connectivity index (χ2v) is 4.61. The Kier molecular flexibility index (Phi) is 2.14. The number of nitrogens with one attached hydrogen (secondary N) is 1. The minimum absolute atomic E-state index is 0.116. The molecule has 0 aliphatic carbocycles. The molecule has 1 aliphatic heterocycles. The van der Waals surface area contributed by atoms with Crippen molar-refractivity contribution in [3.8, 4) is 11.3 Å². The van der Waals surface area contributed by atoms with Crippen molar-refractivity contribution in [3.05, 3.63) is 53.9 Å². The average Bonchev–Trinajstić information content (AvgIpc) is 3.03. The van der Waals surface area contributed by atoms with E-state index in [0.717, 1.165) is 16.8 Å². The van der Waals surface area contributed by atoms with E-state index in [9.17, 15) is 9.18 Å². The molecule has 0 bridgehead atoms. The van der Waals surface area contributed by atoms with Gasteiger partial charge in [-0.25, -0.2) is 9.37 Å². The lowest BCUT2D eigenvalue weighted by molar-refractivity contribution is 0.0965. The van der Waals surface area contributed by atoms with Crippen molar-refractivity contribution in [1.82, 2.24) is 19.7 Å². The molecule has 20 heavy (non-hydrogen) atoms. The molecule has 0 spiro atoms. The van der Waals surface area contributed by atoms with Gasteiger partial charge in [0.1, 0.15) is 11.5 Å². The van der Waals surface area contributed by atoms with Gasteiger partial charge in [-0.3, -0.25) is 14.2 Å². The predicted octanol–water partition coefficient (Wildman–Crippen LogP) is 1.78. The molecule has 3 aromatic heterocycles. The van der Waals surface area contributed by atoms with Crippen LogP contribution < -0.4 is 5.32 Å². The summed E-state index contributed by atoms with van der Waals surface area (Å²) in [6, 6.07) is 2.74. The van der Waals surface area contributed by atoms with E-state index in [2.05, 4.69) is 15.3 Å². The van der Waals surface area contributed by atoms with E-state index in [1.165, 1.54) is 12.1 Å². The van der Waals surface area contributed by atoms with Gasteiger partial charge in [-0.1, -0.05) is 0 Å². The van der Waals surface area contributed by atoms with Gasteiger partial charge in [-0.15, -0.1) is 0 Å². The lowest BCUT2D eigenvalue weighted by Gasteiger charge is -2.06. The Morgan fingerprint density at radius 3 is 3.00 bits per heavy atom. The fraction of sp³-hybridized carbons (Fsp3) is 0.0714. The van der Waals surface area contributed by atoms with Crippen molar-refractivity contribution in [3.63, 3.8) is 0 Å². The number of carbonyl (C=O) groups excluding carboxylic acids is 1. The van der Waals surface area contributed by atoms with Crippen LogP contribution in [-0.4, -0.2) is 20.3 Å². The highest BCUT2D eigenvalue weighted by molar-refractivity contribution is 5.99. The van der Waals surface area contributed by atoms with Crippen LogP contribution in [0.1, 0.15) is 15.9 Å². The minimum atomic E-state index is -0.331. The van der Waals surface area contributed by atoms with Crippen LogP contribution in [0.4, 0.5) is 4.39 Å². The summed E-state index contributed by atoms with van der Waals surface area (Å²) in [6.07, 6.45) is 6.54. The third kappa shape index (κ3) is 1.45. The van der Waals surface area contributed by atoms with Crippen molar-refractivity contribution >= 4 is 11.6 Å². The van der Waals surface area contributed by atoms with Gasteiger partial charge in [0.05, 0.1) is 17.5 Å². The van der Waals surface area contributed by atoms with Crippen molar-refractivity contribution in [2.45, 2.75) is 6.54 Å². The fourth-order valence-corrected chi connectivity index (χ4v) is 2.51. The Labute approximate surface area is 113 Å². The predicted molar refractivity (Wildman–Crippen MR) is 69.6 cm³/mol. The molecular weight excluding hydrogens is 259 g/mol. The van der Waals surface area contributed by atoms with Crippen molar-refractivity contribution < 1.29 is 9.18 Å². The van der Waals surface area contributed by atoms with E-state index in [4.69, 9.17) is 0 Å². The van der Waals surface area contributed by atoms with E-state index >= 15 is 0 Å². The van der Waals surface area contributed by atoms with Gasteiger partial charge in [0, 0.05) is 36.8 Å². The molecule has 4 heterocycles. The molecule has 1 N–H and O–H groups in total. The van der Waals surface area contributed by atoms with Crippen LogP contribution >= 0.6 is 0 Å².